The molecule has 2 aromatic heterocycles. The van der Waals surface area contributed by atoms with Gasteiger partial charge in [0.05, 0.1) is 11.1 Å². The first kappa shape index (κ1) is 12.3. The SMILES string of the molecule is Cc1ccccc1Cc1nc2nccc(C(=O)O)c2[nH]1. The van der Waals surface area contributed by atoms with Crippen LogP contribution in [0, 0.1) is 6.92 Å². The highest BCUT2D eigenvalue weighted by molar-refractivity contribution is 5.99. The van der Waals surface area contributed by atoms with E-state index < -0.39 is 5.97 Å². The molecule has 0 amide bonds. The molecular formula is C15H13N3O2. The fraction of sp³-hybridized carbons (Fsp3) is 0.133. The van der Waals surface area contributed by atoms with Crippen LogP contribution in [0.2, 0.25) is 0 Å². The Morgan fingerprint density at radius 3 is 2.85 bits per heavy atom. The number of imidazole rings is 1. The lowest BCUT2D eigenvalue weighted by Gasteiger charge is -2.02. The van der Waals surface area contributed by atoms with Crippen LogP contribution in [0.15, 0.2) is 36.5 Å². The number of benzene rings is 1. The molecule has 0 spiro atoms. The minimum Gasteiger partial charge on any atom is -0.478 e. The van der Waals surface area contributed by atoms with Crippen molar-refractivity contribution in [2.24, 2.45) is 0 Å². The molecule has 0 atom stereocenters. The van der Waals surface area contributed by atoms with E-state index in [1.807, 2.05) is 31.2 Å². The Bertz CT molecular complexity index is 793. The molecule has 0 aliphatic carbocycles. The average molecular weight is 267 g/mol. The number of carboxylic acid groups (broad SMARTS) is 1. The van der Waals surface area contributed by atoms with E-state index in [1.54, 1.807) is 0 Å². The number of carboxylic acids is 1. The molecule has 2 heterocycles. The molecule has 0 aliphatic rings. The average Bonchev–Trinajstić information content (AvgIpc) is 2.83. The molecule has 1 aromatic carbocycles. The summed E-state index contributed by atoms with van der Waals surface area (Å²) < 4.78 is 0. The standard InChI is InChI=1S/C15H13N3O2/c1-9-4-2-3-5-10(9)8-12-17-13-11(15(19)20)6-7-16-14(13)18-12/h2-7H,8H2,1H3,(H,19,20)(H,16,17,18). The zero-order chi connectivity index (χ0) is 14.1. The summed E-state index contributed by atoms with van der Waals surface area (Å²) in [5.74, 6) is -0.265. The molecule has 3 aromatic rings. The van der Waals surface area contributed by atoms with Gasteiger partial charge in [-0.15, -0.1) is 0 Å². The number of nitrogens with one attached hydrogen (secondary N) is 1. The van der Waals surface area contributed by atoms with Crippen molar-refractivity contribution in [3.05, 3.63) is 59.0 Å². The highest BCUT2D eigenvalue weighted by Crippen LogP contribution is 2.17. The lowest BCUT2D eigenvalue weighted by molar-refractivity contribution is 0.0698. The molecule has 5 heteroatoms. The third-order valence-electron chi connectivity index (χ3n) is 3.29. The Hall–Kier alpha value is -2.69. The second-order valence-corrected chi connectivity index (χ2v) is 4.65. The van der Waals surface area contributed by atoms with Crippen molar-refractivity contribution in [1.29, 1.82) is 0 Å². The molecule has 3 rings (SSSR count). The summed E-state index contributed by atoms with van der Waals surface area (Å²) in [6.45, 7) is 2.04. The fourth-order valence-corrected chi connectivity index (χ4v) is 2.21. The van der Waals surface area contributed by atoms with Gasteiger partial charge in [-0.05, 0) is 24.1 Å². The van der Waals surface area contributed by atoms with Gasteiger partial charge in [0.1, 0.15) is 5.82 Å². The molecule has 0 aliphatic heterocycles. The van der Waals surface area contributed by atoms with Gasteiger partial charge in [0.2, 0.25) is 0 Å². The Labute approximate surface area is 115 Å². The van der Waals surface area contributed by atoms with Gasteiger partial charge in [-0.25, -0.2) is 14.8 Å². The van der Waals surface area contributed by atoms with Gasteiger partial charge < -0.3 is 10.1 Å². The van der Waals surface area contributed by atoms with E-state index in [-0.39, 0.29) is 5.56 Å². The van der Waals surface area contributed by atoms with Gasteiger partial charge in [0, 0.05) is 12.6 Å². The molecule has 100 valence electrons. The van der Waals surface area contributed by atoms with Crippen LogP contribution in [0.5, 0.6) is 0 Å². The number of hydrogen-bond donors (Lipinski definition) is 2. The van der Waals surface area contributed by atoms with Crippen LogP contribution in [0.4, 0.5) is 0 Å². The second kappa shape index (κ2) is 4.77. The second-order valence-electron chi connectivity index (χ2n) is 4.65. The fourth-order valence-electron chi connectivity index (χ4n) is 2.21. The highest BCUT2D eigenvalue weighted by Gasteiger charge is 2.13. The summed E-state index contributed by atoms with van der Waals surface area (Å²) in [5.41, 5.74) is 3.44. The number of H-pyrrole nitrogens is 1. The topological polar surface area (TPSA) is 78.9 Å². The number of carbonyl (C=O) groups is 1. The van der Waals surface area contributed by atoms with Crippen molar-refractivity contribution in [2.45, 2.75) is 13.3 Å². The van der Waals surface area contributed by atoms with Crippen molar-refractivity contribution in [1.82, 2.24) is 15.0 Å². The van der Waals surface area contributed by atoms with Crippen LogP contribution >= 0.6 is 0 Å². The number of nitrogens with zero attached hydrogens (tertiary/aromatic N) is 2. The van der Waals surface area contributed by atoms with Gasteiger partial charge >= 0.3 is 5.97 Å². The number of pyridine rings is 1. The number of hydrogen-bond acceptors (Lipinski definition) is 3. The monoisotopic (exact) mass is 267 g/mol. The van der Waals surface area contributed by atoms with Crippen molar-refractivity contribution in [3.8, 4) is 0 Å². The van der Waals surface area contributed by atoms with Crippen molar-refractivity contribution >= 4 is 17.1 Å². The summed E-state index contributed by atoms with van der Waals surface area (Å²) in [6.07, 6.45) is 2.09. The third kappa shape index (κ3) is 2.14. The molecular weight excluding hydrogens is 254 g/mol. The summed E-state index contributed by atoms with van der Waals surface area (Å²) in [7, 11) is 0. The Kier molecular flexibility index (Phi) is 2.95. The Balaban J connectivity index is 2.04. The summed E-state index contributed by atoms with van der Waals surface area (Å²) in [4.78, 5) is 22.7. The normalized spacial score (nSPS) is 10.8. The molecule has 0 saturated carbocycles. The van der Waals surface area contributed by atoms with Gasteiger partial charge in [0.15, 0.2) is 5.65 Å². The molecule has 2 N–H and O–H groups in total. The number of rotatable bonds is 3. The van der Waals surface area contributed by atoms with Gasteiger partial charge in [-0.3, -0.25) is 0 Å². The van der Waals surface area contributed by atoms with Gasteiger partial charge in [-0.2, -0.15) is 0 Å². The van der Waals surface area contributed by atoms with Crippen LogP contribution in [-0.2, 0) is 6.42 Å². The van der Waals surface area contributed by atoms with Crippen LogP contribution in [0.1, 0.15) is 27.3 Å². The first-order valence-corrected chi connectivity index (χ1v) is 6.26. The van der Waals surface area contributed by atoms with Crippen molar-refractivity contribution < 1.29 is 9.90 Å². The maximum absolute atomic E-state index is 11.2. The number of aromatic carboxylic acids is 1. The Morgan fingerprint density at radius 2 is 2.10 bits per heavy atom. The number of fused-ring (bicyclic) bond motifs is 1. The van der Waals surface area contributed by atoms with E-state index in [9.17, 15) is 4.79 Å². The van der Waals surface area contributed by atoms with Crippen LogP contribution < -0.4 is 0 Å². The van der Waals surface area contributed by atoms with Gasteiger partial charge in [-0.1, -0.05) is 24.3 Å². The maximum Gasteiger partial charge on any atom is 0.338 e. The highest BCUT2D eigenvalue weighted by atomic mass is 16.4. The van der Waals surface area contributed by atoms with E-state index in [0.717, 1.165) is 11.4 Å². The van der Waals surface area contributed by atoms with E-state index in [0.29, 0.717) is 17.6 Å². The van der Waals surface area contributed by atoms with Crippen LogP contribution in [-0.4, -0.2) is 26.0 Å². The first-order chi connectivity index (χ1) is 9.65. The van der Waals surface area contributed by atoms with Crippen molar-refractivity contribution in [2.75, 3.05) is 0 Å². The minimum atomic E-state index is -0.983. The summed E-state index contributed by atoms with van der Waals surface area (Å²) in [6, 6.07) is 9.51. The molecule has 20 heavy (non-hydrogen) atoms. The first-order valence-electron chi connectivity index (χ1n) is 6.26. The molecule has 0 saturated heterocycles. The minimum absolute atomic E-state index is 0.193. The van der Waals surface area contributed by atoms with E-state index >= 15 is 0 Å². The smallest absolute Gasteiger partial charge is 0.338 e. The molecule has 0 radical (unpaired) electrons. The predicted molar refractivity (Wildman–Crippen MR) is 74.8 cm³/mol. The van der Waals surface area contributed by atoms with Gasteiger partial charge in [0.25, 0.3) is 0 Å². The predicted octanol–water partition coefficient (Wildman–Crippen LogP) is 2.56. The summed E-state index contributed by atoms with van der Waals surface area (Å²) >= 11 is 0. The molecule has 0 unspecified atom stereocenters. The molecule has 0 bridgehead atoms. The van der Waals surface area contributed by atoms with Crippen LogP contribution in [0.25, 0.3) is 11.2 Å². The lowest BCUT2D eigenvalue weighted by atomic mass is 10.1. The zero-order valence-electron chi connectivity index (χ0n) is 10.9. The van der Waals surface area contributed by atoms with Crippen LogP contribution in [0.3, 0.4) is 0 Å². The van der Waals surface area contributed by atoms with E-state index in [2.05, 4.69) is 15.0 Å². The van der Waals surface area contributed by atoms with E-state index in [4.69, 9.17) is 5.11 Å². The third-order valence-corrected chi connectivity index (χ3v) is 3.29. The Morgan fingerprint density at radius 1 is 1.30 bits per heavy atom. The molecule has 0 fully saturated rings. The maximum atomic E-state index is 11.2. The number of aryl methyl sites for hydroxylation is 1. The quantitative estimate of drug-likeness (QED) is 0.764. The molecule has 5 nitrogen and oxygen atoms in total. The largest absolute Gasteiger partial charge is 0.478 e. The van der Waals surface area contributed by atoms with E-state index in [1.165, 1.54) is 17.8 Å². The number of aromatic amines is 1. The lowest BCUT2D eigenvalue weighted by Crippen LogP contribution is -1.98. The summed E-state index contributed by atoms with van der Waals surface area (Å²) in [5, 5.41) is 9.15. The number of aromatic nitrogens is 3. The zero-order valence-corrected chi connectivity index (χ0v) is 10.9. The van der Waals surface area contributed by atoms with Crippen molar-refractivity contribution in [3.63, 3.8) is 0 Å².